The zero-order valence-corrected chi connectivity index (χ0v) is 6.90. The molecule has 0 spiro atoms. The molecule has 0 N–H and O–H groups in total. The quantitative estimate of drug-likeness (QED) is 0.264. The fourth-order valence-corrected chi connectivity index (χ4v) is 0.0867. The Morgan fingerprint density at radius 1 is 1.88 bits per heavy atom. The topological polar surface area (TPSA) is 50.1 Å². The number of nitrogens with zero attached hydrogens (tertiary/aromatic N) is 1. The molecule has 0 aliphatic carbocycles. The number of ether oxygens (including phenoxy) is 1. The molecule has 0 bridgehead atoms. The summed E-state index contributed by atoms with van der Waals surface area (Å²) in [6.45, 7) is 3.05. The van der Waals surface area contributed by atoms with Crippen molar-refractivity contribution in [2.45, 2.75) is 0 Å². The molecular weight excluding hydrogens is 213 g/mol. The van der Waals surface area contributed by atoms with E-state index in [2.05, 4.69) is 11.3 Å². The van der Waals surface area contributed by atoms with E-state index in [9.17, 15) is 4.79 Å². The fourth-order valence-electron chi connectivity index (χ4n) is 0.0867. The van der Waals surface area contributed by atoms with Gasteiger partial charge in [0.1, 0.15) is 0 Å². The molecule has 0 saturated carbocycles. The molecule has 0 fully saturated rings. The SMILES string of the molecule is C=CC(=O)OC#N.[Sn]. The summed E-state index contributed by atoms with van der Waals surface area (Å²) < 4.78 is 3.74. The number of carbonyl (C=O) groups is 1. The predicted molar refractivity (Wildman–Crippen MR) is 27.7 cm³/mol. The van der Waals surface area contributed by atoms with Crippen molar-refractivity contribution < 1.29 is 9.53 Å². The van der Waals surface area contributed by atoms with E-state index >= 15 is 0 Å². The van der Waals surface area contributed by atoms with Crippen molar-refractivity contribution in [3.8, 4) is 6.26 Å². The first-order valence-corrected chi connectivity index (χ1v) is 1.53. The number of hydrogen-bond donors (Lipinski definition) is 0. The second-order valence-electron chi connectivity index (χ2n) is 0.717. The summed E-state index contributed by atoms with van der Waals surface area (Å²) in [6.07, 6.45) is 2.12. The van der Waals surface area contributed by atoms with Crippen LogP contribution in [0.3, 0.4) is 0 Å². The first kappa shape index (κ1) is 10.5. The second-order valence-corrected chi connectivity index (χ2v) is 0.717. The number of carbonyl (C=O) groups excluding carboxylic acids is 1. The minimum atomic E-state index is -0.720. The van der Waals surface area contributed by atoms with Crippen molar-refractivity contribution in [3.05, 3.63) is 12.7 Å². The van der Waals surface area contributed by atoms with Gasteiger partial charge in [0.05, 0.1) is 0 Å². The Bertz CT molecular complexity index is 126. The van der Waals surface area contributed by atoms with Gasteiger partial charge in [0, 0.05) is 30.0 Å². The average Bonchev–Trinajstić information content (AvgIpc) is 1.68. The molecule has 0 saturated heterocycles. The number of nitriles is 1. The molecule has 0 unspecified atom stereocenters. The third-order valence-electron chi connectivity index (χ3n) is 0.313. The van der Waals surface area contributed by atoms with Crippen LogP contribution in [0.4, 0.5) is 0 Å². The number of hydrogen-bond acceptors (Lipinski definition) is 3. The van der Waals surface area contributed by atoms with Crippen LogP contribution in [0.2, 0.25) is 0 Å². The largest absolute Gasteiger partial charge is 0.347 e. The maximum atomic E-state index is 9.85. The monoisotopic (exact) mass is 217 g/mol. The van der Waals surface area contributed by atoms with Gasteiger partial charge in [0.2, 0.25) is 0 Å². The maximum Gasteiger partial charge on any atom is 0.345 e. The smallest absolute Gasteiger partial charge is 0.345 e. The number of esters is 1. The van der Waals surface area contributed by atoms with E-state index < -0.39 is 5.97 Å². The molecular formula is C4H3NO2Sn. The zero-order valence-electron chi connectivity index (χ0n) is 4.05. The Morgan fingerprint density at radius 2 is 2.38 bits per heavy atom. The Kier molecular flexibility index (Phi) is 8.51. The Labute approximate surface area is 63.9 Å². The summed E-state index contributed by atoms with van der Waals surface area (Å²) in [5.41, 5.74) is 0. The van der Waals surface area contributed by atoms with Gasteiger partial charge in [-0.1, -0.05) is 6.58 Å². The van der Waals surface area contributed by atoms with E-state index in [4.69, 9.17) is 5.26 Å². The van der Waals surface area contributed by atoms with Crippen molar-refractivity contribution in [1.29, 1.82) is 5.26 Å². The molecule has 0 heterocycles. The summed E-state index contributed by atoms with van der Waals surface area (Å²) in [4.78, 5) is 9.85. The van der Waals surface area contributed by atoms with Crippen LogP contribution in [0.1, 0.15) is 0 Å². The first-order valence-electron chi connectivity index (χ1n) is 1.53. The van der Waals surface area contributed by atoms with Crippen LogP contribution in [0, 0.1) is 11.5 Å². The van der Waals surface area contributed by atoms with Crippen LogP contribution in [-0.2, 0) is 9.53 Å². The van der Waals surface area contributed by atoms with Gasteiger partial charge in [-0.2, -0.15) is 0 Å². The van der Waals surface area contributed by atoms with Crippen LogP contribution in [0.15, 0.2) is 12.7 Å². The Morgan fingerprint density at radius 3 is 2.50 bits per heavy atom. The van der Waals surface area contributed by atoms with Gasteiger partial charge in [-0.05, 0) is 0 Å². The molecule has 40 valence electrons. The third-order valence-corrected chi connectivity index (χ3v) is 0.313. The van der Waals surface area contributed by atoms with Crippen LogP contribution in [-0.4, -0.2) is 29.9 Å². The van der Waals surface area contributed by atoms with Crippen molar-refractivity contribution in [1.82, 2.24) is 0 Å². The molecule has 0 aromatic heterocycles. The predicted octanol–water partition coefficient (Wildman–Crippen LogP) is -0.184. The molecule has 0 atom stereocenters. The second kappa shape index (κ2) is 6.50. The van der Waals surface area contributed by atoms with E-state index in [0.29, 0.717) is 0 Å². The Hall–Kier alpha value is -0.501. The molecule has 4 radical (unpaired) electrons. The van der Waals surface area contributed by atoms with Crippen molar-refractivity contribution in [2.75, 3.05) is 0 Å². The summed E-state index contributed by atoms with van der Waals surface area (Å²) in [6, 6.07) is 0. The molecule has 0 aromatic carbocycles. The number of rotatable bonds is 1. The van der Waals surface area contributed by atoms with Crippen LogP contribution in [0.25, 0.3) is 0 Å². The van der Waals surface area contributed by atoms with E-state index in [-0.39, 0.29) is 23.9 Å². The summed E-state index contributed by atoms with van der Waals surface area (Å²) in [7, 11) is 0. The van der Waals surface area contributed by atoms with Gasteiger partial charge >= 0.3 is 5.97 Å². The minimum absolute atomic E-state index is 0. The standard InChI is InChI=1S/C4H3NO2.Sn/c1-2-4(6)7-3-5;/h2H,1H2;. The van der Waals surface area contributed by atoms with Gasteiger partial charge in [0.15, 0.2) is 0 Å². The van der Waals surface area contributed by atoms with Crippen LogP contribution >= 0.6 is 0 Å². The molecule has 0 aliphatic heterocycles. The maximum absolute atomic E-state index is 9.85. The molecule has 4 heteroatoms. The van der Waals surface area contributed by atoms with E-state index in [1.807, 2.05) is 0 Å². The van der Waals surface area contributed by atoms with Gasteiger partial charge in [0.25, 0.3) is 6.26 Å². The fraction of sp³-hybridized carbons (Fsp3) is 0. The van der Waals surface area contributed by atoms with Gasteiger partial charge < -0.3 is 4.74 Å². The van der Waals surface area contributed by atoms with E-state index in [1.54, 1.807) is 0 Å². The summed E-state index contributed by atoms with van der Waals surface area (Å²) in [5, 5.41) is 7.63. The first-order chi connectivity index (χ1) is 3.31. The van der Waals surface area contributed by atoms with Crippen molar-refractivity contribution in [2.24, 2.45) is 0 Å². The molecule has 3 nitrogen and oxygen atoms in total. The third kappa shape index (κ3) is 5.50. The van der Waals surface area contributed by atoms with Crippen LogP contribution in [0.5, 0.6) is 0 Å². The van der Waals surface area contributed by atoms with E-state index in [1.165, 1.54) is 6.26 Å². The summed E-state index contributed by atoms with van der Waals surface area (Å²) >= 11 is 0. The van der Waals surface area contributed by atoms with E-state index in [0.717, 1.165) is 6.08 Å². The average molecular weight is 216 g/mol. The minimum Gasteiger partial charge on any atom is -0.347 e. The molecule has 0 aliphatic rings. The molecule has 0 rings (SSSR count). The Balaban J connectivity index is 0. The van der Waals surface area contributed by atoms with Gasteiger partial charge in [-0.3, -0.25) is 0 Å². The van der Waals surface area contributed by atoms with Crippen molar-refractivity contribution >= 4 is 29.9 Å². The molecule has 0 aromatic rings. The normalized spacial score (nSPS) is 5.38. The molecule has 8 heavy (non-hydrogen) atoms. The molecule has 0 amide bonds. The van der Waals surface area contributed by atoms with Gasteiger partial charge in [-0.15, -0.1) is 5.26 Å². The van der Waals surface area contributed by atoms with Gasteiger partial charge in [-0.25, -0.2) is 4.79 Å². The van der Waals surface area contributed by atoms with Crippen LogP contribution < -0.4 is 0 Å². The van der Waals surface area contributed by atoms with Crippen molar-refractivity contribution in [3.63, 3.8) is 0 Å². The zero-order chi connectivity index (χ0) is 5.70. The summed E-state index contributed by atoms with van der Waals surface area (Å²) in [5.74, 6) is -0.720.